The Balaban J connectivity index is 1.67. The summed E-state index contributed by atoms with van der Waals surface area (Å²) in [6.45, 7) is 7.46. The van der Waals surface area contributed by atoms with E-state index in [0.29, 0.717) is 17.9 Å². The zero-order valence-corrected chi connectivity index (χ0v) is 15.6. The number of hydrogen-bond donors (Lipinski definition) is 1. The molecule has 0 fully saturated rings. The highest BCUT2D eigenvalue weighted by atomic mass is 16.5. The maximum atomic E-state index is 12.5. The first-order chi connectivity index (χ1) is 12.8. The molecule has 0 aliphatic rings. The molecule has 0 saturated heterocycles. The first-order valence-corrected chi connectivity index (χ1v) is 8.49. The molecule has 3 heterocycles. The topological polar surface area (TPSA) is 99.5 Å². The van der Waals surface area contributed by atoms with Gasteiger partial charge in [0.2, 0.25) is 0 Å². The summed E-state index contributed by atoms with van der Waals surface area (Å²) in [5.41, 5.74) is 2.05. The van der Waals surface area contributed by atoms with E-state index in [-0.39, 0.29) is 5.82 Å². The largest absolute Gasteiger partial charge is 0.467 e. The lowest BCUT2D eigenvalue weighted by Crippen LogP contribution is -2.30. The zero-order valence-electron chi connectivity index (χ0n) is 15.6. The minimum absolute atomic E-state index is 0.275. The summed E-state index contributed by atoms with van der Waals surface area (Å²) < 4.78 is 17.5. The van der Waals surface area contributed by atoms with E-state index < -0.39 is 18.0 Å². The number of aromatic nitrogens is 2. The maximum Gasteiger partial charge on any atom is 0.340 e. The van der Waals surface area contributed by atoms with Crippen molar-refractivity contribution in [2.45, 2.75) is 40.3 Å². The quantitative estimate of drug-likeness (QED) is 0.668. The SMILES string of the molecule is Cc1cc(NC(=O)[C@H](C)OC(=O)c2cc(C)n(Cc3ccco3)c2C)no1. The molecular formula is C19H21N3O5. The molecule has 27 heavy (non-hydrogen) atoms. The number of anilines is 1. The molecule has 0 unspecified atom stereocenters. The Morgan fingerprint density at radius 1 is 1.30 bits per heavy atom. The number of nitrogens with zero attached hydrogens (tertiary/aromatic N) is 2. The van der Waals surface area contributed by atoms with Crippen LogP contribution in [0.15, 0.2) is 39.5 Å². The third-order valence-electron chi connectivity index (χ3n) is 4.22. The van der Waals surface area contributed by atoms with Crippen LogP contribution in [0.2, 0.25) is 0 Å². The number of aryl methyl sites for hydroxylation is 2. The van der Waals surface area contributed by atoms with Gasteiger partial charge in [-0.25, -0.2) is 4.79 Å². The van der Waals surface area contributed by atoms with E-state index in [4.69, 9.17) is 13.7 Å². The number of ether oxygens (including phenoxy) is 1. The summed E-state index contributed by atoms with van der Waals surface area (Å²) in [7, 11) is 0. The number of rotatable bonds is 6. The number of esters is 1. The van der Waals surface area contributed by atoms with Crippen LogP contribution in [0.3, 0.4) is 0 Å². The number of hydrogen-bond acceptors (Lipinski definition) is 6. The van der Waals surface area contributed by atoms with Crippen LogP contribution >= 0.6 is 0 Å². The second-order valence-electron chi connectivity index (χ2n) is 6.31. The van der Waals surface area contributed by atoms with Gasteiger partial charge in [0.25, 0.3) is 5.91 Å². The molecule has 0 spiro atoms. The summed E-state index contributed by atoms with van der Waals surface area (Å²) in [5.74, 6) is 0.581. The monoisotopic (exact) mass is 371 g/mol. The molecule has 0 aromatic carbocycles. The average molecular weight is 371 g/mol. The van der Waals surface area contributed by atoms with Crippen LogP contribution in [-0.4, -0.2) is 27.7 Å². The van der Waals surface area contributed by atoms with Gasteiger partial charge in [-0.15, -0.1) is 0 Å². The lowest BCUT2D eigenvalue weighted by atomic mass is 10.2. The Bertz CT molecular complexity index is 952. The lowest BCUT2D eigenvalue weighted by molar-refractivity contribution is -0.123. The molecule has 3 aromatic heterocycles. The highest BCUT2D eigenvalue weighted by molar-refractivity contribution is 5.97. The van der Waals surface area contributed by atoms with Crippen molar-refractivity contribution >= 4 is 17.7 Å². The second kappa shape index (κ2) is 7.53. The van der Waals surface area contributed by atoms with Crippen molar-refractivity contribution < 1.29 is 23.3 Å². The highest BCUT2D eigenvalue weighted by Crippen LogP contribution is 2.19. The van der Waals surface area contributed by atoms with Gasteiger partial charge in [-0.2, -0.15) is 0 Å². The van der Waals surface area contributed by atoms with E-state index in [9.17, 15) is 9.59 Å². The van der Waals surface area contributed by atoms with E-state index in [2.05, 4.69) is 10.5 Å². The molecule has 8 heteroatoms. The molecule has 0 aliphatic heterocycles. The van der Waals surface area contributed by atoms with Crippen molar-refractivity contribution in [3.05, 3.63) is 59.0 Å². The second-order valence-corrected chi connectivity index (χ2v) is 6.31. The van der Waals surface area contributed by atoms with E-state index in [1.54, 1.807) is 25.3 Å². The van der Waals surface area contributed by atoms with Crippen molar-refractivity contribution in [1.29, 1.82) is 0 Å². The van der Waals surface area contributed by atoms with Crippen molar-refractivity contribution in [3.8, 4) is 0 Å². The Labute approximate surface area is 156 Å². The first-order valence-electron chi connectivity index (χ1n) is 8.49. The van der Waals surface area contributed by atoms with Crippen LogP contribution in [0.1, 0.15) is 40.2 Å². The average Bonchev–Trinajstić information content (AvgIpc) is 3.33. The van der Waals surface area contributed by atoms with Crippen LogP contribution in [0.4, 0.5) is 5.82 Å². The summed E-state index contributed by atoms with van der Waals surface area (Å²) in [6.07, 6.45) is 0.623. The molecule has 0 radical (unpaired) electrons. The number of carbonyl (C=O) groups is 2. The van der Waals surface area contributed by atoms with Gasteiger partial charge in [-0.1, -0.05) is 5.16 Å². The summed E-state index contributed by atoms with van der Waals surface area (Å²) in [4.78, 5) is 24.7. The third kappa shape index (κ3) is 4.11. The number of carbonyl (C=O) groups excluding carboxylic acids is 2. The molecule has 142 valence electrons. The van der Waals surface area contributed by atoms with E-state index in [1.165, 1.54) is 6.92 Å². The maximum absolute atomic E-state index is 12.5. The van der Waals surface area contributed by atoms with Gasteiger partial charge >= 0.3 is 5.97 Å². The van der Waals surface area contributed by atoms with Crippen molar-refractivity contribution in [2.24, 2.45) is 0 Å². The third-order valence-corrected chi connectivity index (χ3v) is 4.22. The number of furan rings is 1. The fourth-order valence-electron chi connectivity index (χ4n) is 2.74. The molecular weight excluding hydrogens is 350 g/mol. The van der Waals surface area contributed by atoms with Gasteiger partial charge < -0.3 is 23.6 Å². The fourth-order valence-corrected chi connectivity index (χ4v) is 2.74. The zero-order chi connectivity index (χ0) is 19.6. The van der Waals surface area contributed by atoms with Gasteiger partial charge in [0.05, 0.1) is 18.4 Å². The molecule has 0 aliphatic carbocycles. The van der Waals surface area contributed by atoms with Gasteiger partial charge in [0, 0.05) is 17.5 Å². The number of amides is 1. The molecule has 0 saturated carbocycles. The normalized spacial score (nSPS) is 12.0. The van der Waals surface area contributed by atoms with E-state index in [1.807, 2.05) is 30.5 Å². The van der Waals surface area contributed by atoms with E-state index in [0.717, 1.165) is 17.1 Å². The molecule has 1 N–H and O–H groups in total. The molecule has 3 aromatic rings. The van der Waals surface area contributed by atoms with Crippen LogP contribution in [0.5, 0.6) is 0 Å². The molecule has 1 amide bonds. The van der Waals surface area contributed by atoms with Crippen LogP contribution in [0, 0.1) is 20.8 Å². The minimum atomic E-state index is -0.984. The predicted octanol–water partition coefficient (Wildman–Crippen LogP) is 3.23. The minimum Gasteiger partial charge on any atom is -0.467 e. The van der Waals surface area contributed by atoms with Crippen LogP contribution < -0.4 is 5.32 Å². The van der Waals surface area contributed by atoms with Gasteiger partial charge in [0.15, 0.2) is 11.9 Å². The highest BCUT2D eigenvalue weighted by Gasteiger charge is 2.23. The standard InChI is InChI=1S/C19H21N3O5/c1-11-8-16(13(3)22(11)10-15-6-5-7-25-15)19(24)26-14(4)18(23)20-17-9-12(2)27-21-17/h5-9,14H,10H2,1-4H3,(H,20,21,23)/t14-/m0/s1. The Morgan fingerprint density at radius 3 is 2.70 bits per heavy atom. The molecule has 8 nitrogen and oxygen atoms in total. The van der Waals surface area contributed by atoms with Crippen molar-refractivity contribution in [2.75, 3.05) is 5.32 Å². The predicted molar refractivity (Wildman–Crippen MR) is 96.5 cm³/mol. The summed E-state index contributed by atoms with van der Waals surface area (Å²) in [5, 5.41) is 6.22. The fraction of sp³-hybridized carbons (Fsp3) is 0.316. The van der Waals surface area contributed by atoms with Gasteiger partial charge in [0.1, 0.15) is 11.5 Å². The van der Waals surface area contributed by atoms with Crippen LogP contribution in [-0.2, 0) is 16.1 Å². The molecule has 1 atom stereocenters. The molecule has 3 rings (SSSR count). The summed E-state index contributed by atoms with van der Waals surface area (Å²) in [6, 6.07) is 7.01. The van der Waals surface area contributed by atoms with Gasteiger partial charge in [-0.05, 0) is 45.9 Å². The summed E-state index contributed by atoms with van der Waals surface area (Å²) >= 11 is 0. The first kappa shape index (κ1) is 18.5. The Hall–Kier alpha value is -3.29. The van der Waals surface area contributed by atoms with E-state index >= 15 is 0 Å². The lowest BCUT2D eigenvalue weighted by Gasteiger charge is -2.12. The smallest absolute Gasteiger partial charge is 0.340 e. The Kier molecular flexibility index (Phi) is 5.16. The van der Waals surface area contributed by atoms with Gasteiger partial charge in [-0.3, -0.25) is 4.79 Å². The number of nitrogens with one attached hydrogen (secondary N) is 1. The van der Waals surface area contributed by atoms with Crippen molar-refractivity contribution in [3.63, 3.8) is 0 Å². The van der Waals surface area contributed by atoms with Crippen molar-refractivity contribution in [1.82, 2.24) is 9.72 Å². The molecule has 0 bridgehead atoms. The van der Waals surface area contributed by atoms with Crippen LogP contribution in [0.25, 0.3) is 0 Å². The Morgan fingerprint density at radius 2 is 2.07 bits per heavy atom.